The number of hydrogen-bond donors (Lipinski definition) is 0. The molecule has 0 spiro atoms. The number of allylic oxidation sites excluding steroid dienone is 3. The van der Waals surface area contributed by atoms with Crippen LogP contribution in [0.2, 0.25) is 0 Å². The molecule has 0 N–H and O–H groups in total. The fraction of sp³-hybridized carbons (Fsp3) is 0.222. The van der Waals surface area contributed by atoms with Crippen LogP contribution in [-0.2, 0) is 5.41 Å². The van der Waals surface area contributed by atoms with Crippen LogP contribution in [-0.4, -0.2) is 0 Å². The lowest BCUT2D eigenvalue weighted by Gasteiger charge is -2.47. The molecule has 180 valence electrons. The molecule has 0 heterocycles. The van der Waals surface area contributed by atoms with Gasteiger partial charge in [-0.2, -0.15) is 0 Å². The maximum absolute atomic E-state index is 2.58. The van der Waals surface area contributed by atoms with Gasteiger partial charge < -0.3 is 0 Å². The van der Waals surface area contributed by atoms with Gasteiger partial charge in [0, 0.05) is 11.3 Å². The van der Waals surface area contributed by atoms with Crippen molar-refractivity contribution < 1.29 is 0 Å². The molecule has 36 heavy (non-hydrogen) atoms. The van der Waals surface area contributed by atoms with E-state index in [1.165, 1.54) is 33.4 Å². The number of hydrogen-bond acceptors (Lipinski definition) is 0. The molecule has 0 aliphatic heterocycles. The van der Waals surface area contributed by atoms with Crippen molar-refractivity contribution in [2.45, 2.75) is 33.1 Å². The Morgan fingerprint density at radius 1 is 0.611 bits per heavy atom. The van der Waals surface area contributed by atoms with Gasteiger partial charge in [-0.3, -0.25) is 0 Å². The van der Waals surface area contributed by atoms with Crippen LogP contribution in [0.5, 0.6) is 0 Å². The van der Waals surface area contributed by atoms with Crippen molar-refractivity contribution in [3.8, 4) is 0 Å². The molecule has 4 aromatic carbocycles. The van der Waals surface area contributed by atoms with Gasteiger partial charge in [0.25, 0.3) is 0 Å². The fourth-order valence-corrected chi connectivity index (χ4v) is 6.45. The summed E-state index contributed by atoms with van der Waals surface area (Å²) in [5.74, 6) is 0.639. The van der Waals surface area contributed by atoms with Crippen LogP contribution in [0.3, 0.4) is 0 Å². The van der Waals surface area contributed by atoms with Gasteiger partial charge in [0.2, 0.25) is 0 Å². The van der Waals surface area contributed by atoms with Crippen molar-refractivity contribution >= 4 is 5.57 Å². The normalized spacial score (nSPS) is 18.0. The van der Waals surface area contributed by atoms with Crippen molar-refractivity contribution in [2.75, 3.05) is 0 Å². The molecule has 0 saturated carbocycles. The molecule has 0 nitrogen and oxygen atoms in total. The van der Waals surface area contributed by atoms with E-state index >= 15 is 0 Å². The van der Waals surface area contributed by atoms with Gasteiger partial charge in [0.1, 0.15) is 0 Å². The maximum Gasteiger partial charge on any atom is 0.0388 e. The van der Waals surface area contributed by atoms with Crippen molar-refractivity contribution in [1.29, 1.82) is 0 Å². The van der Waals surface area contributed by atoms with E-state index in [0.717, 1.165) is 0 Å². The monoisotopic (exact) mass is 468 g/mol. The molecule has 0 saturated heterocycles. The van der Waals surface area contributed by atoms with Crippen molar-refractivity contribution in [1.82, 2.24) is 0 Å². The van der Waals surface area contributed by atoms with Crippen LogP contribution >= 0.6 is 0 Å². The topological polar surface area (TPSA) is 0 Å². The van der Waals surface area contributed by atoms with Gasteiger partial charge in [-0.15, -0.1) is 0 Å². The van der Waals surface area contributed by atoms with E-state index in [2.05, 4.69) is 161 Å². The van der Waals surface area contributed by atoms with Crippen LogP contribution in [0.1, 0.15) is 49.9 Å². The summed E-state index contributed by atoms with van der Waals surface area (Å²) in [6.45, 7) is 9.54. The van der Waals surface area contributed by atoms with E-state index in [-0.39, 0.29) is 16.7 Å². The first-order chi connectivity index (χ1) is 17.4. The van der Waals surface area contributed by atoms with Gasteiger partial charge in [0.05, 0.1) is 0 Å². The number of benzene rings is 4. The molecule has 0 bridgehead atoms. The largest absolute Gasteiger partial charge is 0.0775 e. The second-order valence-corrected chi connectivity index (χ2v) is 10.9. The third-order valence-electron chi connectivity index (χ3n) is 8.00. The third-order valence-corrected chi connectivity index (χ3v) is 8.00. The molecule has 0 amide bonds. The summed E-state index contributed by atoms with van der Waals surface area (Å²) in [4.78, 5) is 0. The highest BCUT2D eigenvalue weighted by Crippen LogP contribution is 2.62. The third kappa shape index (κ3) is 4.05. The quantitative estimate of drug-likeness (QED) is 0.247. The van der Waals surface area contributed by atoms with Gasteiger partial charge in [-0.25, -0.2) is 0 Å². The fourth-order valence-electron chi connectivity index (χ4n) is 6.45. The van der Waals surface area contributed by atoms with E-state index in [1.54, 1.807) is 0 Å². The molecule has 1 atom stereocenters. The summed E-state index contributed by atoms with van der Waals surface area (Å²) >= 11 is 0. The lowest BCUT2D eigenvalue weighted by Crippen LogP contribution is -2.44. The molecule has 4 aromatic rings. The Bertz CT molecular complexity index is 1260. The minimum Gasteiger partial charge on any atom is -0.0775 e. The molecular weight excluding hydrogens is 432 g/mol. The molecule has 0 radical (unpaired) electrons. The Morgan fingerprint density at radius 2 is 1.00 bits per heavy atom. The van der Waals surface area contributed by atoms with Crippen LogP contribution in [0.15, 0.2) is 139 Å². The lowest BCUT2D eigenvalue weighted by atomic mass is 9.55. The van der Waals surface area contributed by atoms with Crippen LogP contribution in [0, 0.1) is 17.3 Å². The second-order valence-electron chi connectivity index (χ2n) is 10.9. The Kier molecular flexibility index (Phi) is 6.54. The van der Waals surface area contributed by atoms with Gasteiger partial charge in [-0.05, 0) is 39.2 Å². The summed E-state index contributed by atoms with van der Waals surface area (Å²) < 4.78 is 0. The van der Waals surface area contributed by atoms with Gasteiger partial charge >= 0.3 is 0 Å². The van der Waals surface area contributed by atoms with E-state index in [1.807, 2.05) is 0 Å². The van der Waals surface area contributed by atoms with Crippen molar-refractivity contribution in [3.63, 3.8) is 0 Å². The van der Waals surface area contributed by atoms with Crippen LogP contribution < -0.4 is 0 Å². The standard InChI is InChI=1S/C36H36/c1-27(2)33-26-35(3,4)36(30-21-13-7-14-22-30,31-23-15-8-16-24-31)34(33)25-32(28-17-9-5-10-18-28)29-19-11-6-12-20-29/h5-27,34H,1-4H3. The smallest absolute Gasteiger partial charge is 0.0388 e. The Hall–Kier alpha value is -3.64. The zero-order valence-electron chi connectivity index (χ0n) is 21.9. The Labute approximate surface area is 217 Å². The zero-order chi connectivity index (χ0) is 25.2. The highest BCUT2D eigenvalue weighted by atomic mass is 14.6. The molecule has 0 heteroatoms. The molecular formula is C36H36. The minimum atomic E-state index is -0.232. The summed E-state index contributed by atoms with van der Waals surface area (Å²) in [6, 6.07) is 44.1. The summed E-state index contributed by atoms with van der Waals surface area (Å²) in [5.41, 5.74) is 7.74. The summed E-state index contributed by atoms with van der Waals surface area (Å²) in [5, 5.41) is 0. The van der Waals surface area contributed by atoms with Gasteiger partial charge in [0.15, 0.2) is 0 Å². The van der Waals surface area contributed by atoms with E-state index < -0.39 is 0 Å². The average molecular weight is 469 g/mol. The van der Waals surface area contributed by atoms with E-state index in [4.69, 9.17) is 0 Å². The SMILES string of the molecule is CC(C)C1=CC(C)(C)C(c2ccccc2)(c2ccccc2)C1C=C(c1ccccc1)c1ccccc1. The van der Waals surface area contributed by atoms with Gasteiger partial charge in [-0.1, -0.05) is 167 Å². The summed E-state index contributed by atoms with van der Waals surface area (Å²) in [7, 11) is 0. The van der Waals surface area contributed by atoms with Crippen LogP contribution in [0.4, 0.5) is 0 Å². The molecule has 0 aromatic heterocycles. The van der Waals surface area contributed by atoms with E-state index in [0.29, 0.717) is 5.92 Å². The van der Waals surface area contributed by atoms with Crippen molar-refractivity contribution in [2.24, 2.45) is 17.3 Å². The number of rotatable bonds is 6. The summed E-state index contributed by atoms with van der Waals surface area (Å²) in [6.07, 6.45) is 5.15. The minimum absolute atomic E-state index is 0.0883. The second kappa shape index (κ2) is 9.78. The van der Waals surface area contributed by atoms with Crippen molar-refractivity contribution in [3.05, 3.63) is 161 Å². The Morgan fingerprint density at radius 3 is 1.39 bits per heavy atom. The predicted molar refractivity (Wildman–Crippen MR) is 154 cm³/mol. The highest BCUT2D eigenvalue weighted by Gasteiger charge is 2.56. The first-order valence-electron chi connectivity index (χ1n) is 13.1. The first kappa shape index (κ1) is 24.1. The predicted octanol–water partition coefficient (Wildman–Crippen LogP) is 9.34. The van der Waals surface area contributed by atoms with Crippen LogP contribution in [0.25, 0.3) is 5.57 Å². The maximum atomic E-state index is 2.58. The molecule has 0 fully saturated rings. The Balaban J connectivity index is 1.86. The van der Waals surface area contributed by atoms with E-state index in [9.17, 15) is 0 Å². The zero-order valence-corrected chi connectivity index (χ0v) is 21.9. The molecule has 5 rings (SSSR count). The lowest BCUT2D eigenvalue weighted by molar-refractivity contribution is 0.253. The highest BCUT2D eigenvalue weighted by molar-refractivity contribution is 5.81. The molecule has 1 aliphatic rings. The average Bonchev–Trinajstić information content (AvgIpc) is 3.16. The first-order valence-corrected chi connectivity index (χ1v) is 13.1. The molecule has 1 unspecified atom stereocenters. The molecule has 1 aliphatic carbocycles.